The minimum Gasteiger partial charge on any atom is -0.482 e. The van der Waals surface area contributed by atoms with Crippen molar-refractivity contribution >= 4 is 16.9 Å². The zero-order chi connectivity index (χ0) is 19.6. The molecule has 0 unspecified atom stereocenters. The van der Waals surface area contributed by atoms with E-state index in [1.165, 1.54) is 9.79 Å². The highest BCUT2D eigenvalue weighted by molar-refractivity contribution is 7.97. The van der Waals surface area contributed by atoms with Gasteiger partial charge < -0.3 is 9.47 Å². The van der Waals surface area contributed by atoms with Gasteiger partial charge in [-0.2, -0.15) is 0 Å². The lowest BCUT2D eigenvalue weighted by Gasteiger charge is -2.10. The molecular formula is C24H25O3S+. The summed E-state index contributed by atoms with van der Waals surface area (Å²) in [6.45, 7) is 2.44. The second-order valence-electron chi connectivity index (χ2n) is 6.27. The number of rotatable bonds is 9. The van der Waals surface area contributed by atoms with Crippen LogP contribution in [0, 0.1) is 0 Å². The zero-order valence-corrected chi connectivity index (χ0v) is 16.9. The van der Waals surface area contributed by atoms with Gasteiger partial charge in [0, 0.05) is 6.07 Å². The van der Waals surface area contributed by atoms with Crippen molar-refractivity contribution in [1.82, 2.24) is 0 Å². The second kappa shape index (κ2) is 10.6. The van der Waals surface area contributed by atoms with E-state index in [0.29, 0.717) is 12.4 Å². The Morgan fingerprint density at radius 2 is 1.43 bits per heavy atom. The smallest absolute Gasteiger partial charge is 0.344 e. The highest BCUT2D eigenvalue weighted by Crippen LogP contribution is 2.32. The average molecular weight is 394 g/mol. The van der Waals surface area contributed by atoms with E-state index in [0.717, 1.165) is 17.7 Å². The van der Waals surface area contributed by atoms with E-state index in [1.807, 2.05) is 30.3 Å². The number of unbranched alkanes of at least 4 members (excludes halogenated alkanes) is 1. The Kier molecular flexibility index (Phi) is 7.56. The Balaban J connectivity index is 1.78. The number of ether oxygens (including phenoxy) is 2. The van der Waals surface area contributed by atoms with Gasteiger partial charge in [-0.15, -0.1) is 0 Å². The largest absolute Gasteiger partial charge is 0.482 e. The van der Waals surface area contributed by atoms with E-state index in [9.17, 15) is 4.79 Å². The third-order valence-corrected chi connectivity index (χ3v) is 6.33. The summed E-state index contributed by atoms with van der Waals surface area (Å²) in [7, 11) is -0.241. The molecule has 0 aliphatic carbocycles. The Hall–Kier alpha value is -2.72. The van der Waals surface area contributed by atoms with Crippen LogP contribution in [0.1, 0.15) is 19.8 Å². The highest BCUT2D eigenvalue weighted by Gasteiger charge is 2.28. The Morgan fingerprint density at radius 3 is 2.04 bits per heavy atom. The molecule has 0 saturated heterocycles. The molecule has 0 N–H and O–H groups in total. The molecule has 0 spiro atoms. The normalized spacial score (nSPS) is 10.6. The lowest BCUT2D eigenvalue weighted by atomic mass is 10.3. The van der Waals surface area contributed by atoms with Crippen molar-refractivity contribution in [3.63, 3.8) is 0 Å². The Bertz CT molecular complexity index is 826. The maximum atomic E-state index is 11.8. The molecule has 4 heteroatoms. The van der Waals surface area contributed by atoms with Crippen molar-refractivity contribution in [3.8, 4) is 5.75 Å². The third kappa shape index (κ3) is 5.64. The van der Waals surface area contributed by atoms with Gasteiger partial charge in [0.25, 0.3) is 0 Å². The number of esters is 1. The van der Waals surface area contributed by atoms with E-state index in [4.69, 9.17) is 9.47 Å². The van der Waals surface area contributed by atoms with E-state index < -0.39 is 0 Å². The lowest BCUT2D eigenvalue weighted by Crippen LogP contribution is -2.15. The summed E-state index contributed by atoms with van der Waals surface area (Å²) in [6, 6.07) is 28.9. The summed E-state index contributed by atoms with van der Waals surface area (Å²) in [6.07, 6.45) is 1.87. The molecule has 0 aromatic heterocycles. The van der Waals surface area contributed by atoms with E-state index in [1.54, 1.807) is 0 Å². The van der Waals surface area contributed by atoms with E-state index in [-0.39, 0.29) is 23.5 Å². The van der Waals surface area contributed by atoms with Crippen LogP contribution in [0.5, 0.6) is 5.75 Å². The van der Waals surface area contributed by atoms with Crippen LogP contribution < -0.4 is 4.74 Å². The van der Waals surface area contributed by atoms with Crippen LogP contribution in [0.2, 0.25) is 0 Å². The first kappa shape index (κ1) is 20.0. The van der Waals surface area contributed by atoms with Crippen molar-refractivity contribution < 1.29 is 14.3 Å². The van der Waals surface area contributed by atoms with Gasteiger partial charge in [0.15, 0.2) is 21.3 Å². The van der Waals surface area contributed by atoms with Crippen LogP contribution in [0.25, 0.3) is 0 Å². The molecule has 28 heavy (non-hydrogen) atoms. The van der Waals surface area contributed by atoms with Crippen molar-refractivity contribution in [2.75, 3.05) is 13.2 Å². The number of carbonyl (C=O) groups excluding carboxylic acids is 1. The number of hydrogen-bond acceptors (Lipinski definition) is 3. The van der Waals surface area contributed by atoms with Crippen molar-refractivity contribution in [3.05, 3.63) is 84.9 Å². The fourth-order valence-corrected chi connectivity index (χ4v) is 4.85. The number of hydrogen-bond donors (Lipinski definition) is 0. The molecule has 3 aromatic carbocycles. The molecule has 0 heterocycles. The van der Waals surface area contributed by atoms with Gasteiger partial charge in [0.2, 0.25) is 0 Å². The van der Waals surface area contributed by atoms with Crippen LogP contribution >= 0.6 is 0 Å². The summed E-state index contributed by atoms with van der Waals surface area (Å²) >= 11 is 0. The third-order valence-electron chi connectivity index (χ3n) is 4.12. The number of carbonyl (C=O) groups is 1. The van der Waals surface area contributed by atoms with Crippen LogP contribution in [-0.4, -0.2) is 19.2 Å². The first-order valence-corrected chi connectivity index (χ1v) is 10.7. The topological polar surface area (TPSA) is 35.5 Å². The molecular weight excluding hydrogens is 368 g/mol. The summed E-state index contributed by atoms with van der Waals surface area (Å²) in [4.78, 5) is 15.4. The lowest BCUT2D eigenvalue weighted by molar-refractivity contribution is -0.146. The van der Waals surface area contributed by atoms with Crippen LogP contribution in [0.4, 0.5) is 0 Å². The van der Waals surface area contributed by atoms with Crippen molar-refractivity contribution in [2.45, 2.75) is 34.5 Å². The van der Waals surface area contributed by atoms with Crippen LogP contribution in [0.3, 0.4) is 0 Å². The first-order valence-electron chi connectivity index (χ1n) is 9.51. The van der Waals surface area contributed by atoms with Gasteiger partial charge in [-0.25, -0.2) is 4.79 Å². The molecule has 3 aromatic rings. The van der Waals surface area contributed by atoms with Crippen LogP contribution in [0.15, 0.2) is 99.6 Å². The minimum atomic E-state index is -0.330. The SMILES string of the molecule is CCCCOC(=O)COc1cccc([S+](c2ccccc2)c2ccccc2)c1. The molecule has 0 aliphatic heterocycles. The van der Waals surface area contributed by atoms with Gasteiger partial charge in [0.1, 0.15) is 5.75 Å². The molecule has 0 radical (unpaired) electrons. The van der Waals surface area contributed by atoms with E-state index in [2.05, 4.69) is 61.5 Å². The van der Waals surface area contributed by atoms with Crippen molar-refractivity contribution in [1.29, 1.82) is 0 Å². The minimum absolute atomic E-state index is 0.0718. The molecule has 3 nitrogen and oxygen atoms in total. The molecule has 0 atom stereocenters. The molecule has 0 fully saturated rings. The molecule has 0 bridgehead atoms. The summed E-state index contributed by atoms with van der Waals surface area (Å²) < 4.78 is 10.8. The quantitative estimate of drug-likeness (QED) is 0.273. The summed E-state index contributed by atoms with van der Waals surface area (Å²) in [5, 5.41) is 0. The predicted octanol–water partition coefficient (Wildman–Crippen LogP) is 5.50. The van der Waals surface area contributed by atoms with Gasteiger partial charge in [-0.05, 0) is 42.8 Å². The highest BCUT2D eigenvalue weighted by atomic mass is 32.2. The monoisotopic (exact) mass is 393 g/mol. The molecule has 0 aliphatic rings. The van der Waals surface area contributed by atoms with Gasteiger partial charge in [-0.3, -0.25) is 0 Å². The predicted molar refractivity (Wildman–Crippen MR) is 113 cm³/mol. The van der Waals surface area contributed by atoms with E-state index >= 15 is 0 Å². The Labute approximate surface area is 169 Å². The molecule has 144 valence electrons. The average Bonchev–Trinajstić information content (AvgIpc) is 2.75. The maximum Gasteiger partial charge on any atom is 0.344 e. The maximum absolute atomic E-state index is 11.8. The molecule has 0 amide bonds. The fourth-order valence-electron chi connectivity index (χ4n) is 2.73. The molecule has 0 saturated carbocycles. The number of benzene rings is 3. The standard InChI is InChI=1S/C24H25O3S/c1-2-3-17-26-24(25)19-27-20-11-10-16-23(18-20)28(21-12-6-4-7-13-21)22-14-8-5-9-15-22/h4-16,18H,2-3,17,19H2,1H3/q+1. The van der Waals surface area contributed by atoms with Gasteiger partial charge in [0.05, 0.1) is 17.5 Å². The van der Waals surface area contributed by atoms with Gasteiger partial charge in [-0.1, -0.05) is 55.8 Å². The Morgan fingerprint density at radius 1 is 0.821 bits per heavy atom. The summed E-state index contributed by atoms with van der Waals surface area (Å²) in [5.74, 6) is 0.346. The fraction of sp³-hybridized carbons (Fsp3) is 0.208. The first-order chi connectivity index (χ1) is 13.8. The summed E-state index contributed by atoms with van der Waals surface area (Å²) in [5.41, 5.74) is 0. The molecule has 3 rings (SSSR count). The second-order valence-corrected chi connectivity index (χ2v) is 8.30. The zero-order valence-electron chi connectivity index (χ0n) is 16.0. The van der Waals surface area contributed by atoms with Crippen LogP contribution in [-0.2, 0) is 20.4 Å². The van der Waals surface area contributed by atoms with Gasteiger partial charge >= 0.3 is 5.97 Å². The van der Waals surface area contributed by atoms with Crippen molar-refractivity contribution in [2.24, 2.45) is 0 Å².